The molecule has 0 fully saturated rings. The summed E-state index contributed by atoms with van der Waals surface area (Å²) in [6.45, 7) is 4.14. The highest BCUT2D eigenvalue weighted by atomic mass is 15.1. The maximum atomic E-state index is 8.60. The minimum Gasteiger partial charge on any atom is -0.305 e. The molecule has 0 saturated carbocycles. The summed E-state index contributed by atoms with van der Waals surface area (Å²) in [5.41, 5.74) is 1.06. The first-order valence-electron chi connectivity index (χ1n) is 4.90. The Morgan fingerprint density at radius 1 is 1.71 bits per heavy atom. The van der Waals surface area contributed by atoms with Gasteiger partial charge in [0.15, 0.2) is 0 Å². The van der Waals surface area contributed by atoms with E-state index < -0.39 is 0 Å². The van der Waals surface area contributed by atoms with Gasteiger partial charge in [-0.1, -0.05) is 6.92 Å². The number of hydrogen-bond donors (Lipinski definition) is 2. The van der Waals surface area contributed by atoms with Gasteiger partial charge in [0, 0.05) is 18.3 Å². The summed E-state index contributed by atoms with van der Waals surface area (Å²) in [6, 6.07) is 4.60. The minimum atomic E-state index is 0.218. The molecule has 14 heavy (non-hydrogen) atoms. The normalized spacial score (nSPS) is 14.6. The lowest BCUT2D eigenvalue weighted by Crippen LogP contribution is -2.30. The van der Waals surface area contributed by atoms with Crippen LogP contribution in [0.5, 0.6) is 0 Å². The fraction of sp³-hybridized carbons (Fsp3) is 0.600. The Morgan fingerprint density at radius 2 is 2.50 bits per heavy atom. The van der Waals surface area contributed by atoms with E-state index in [0.717, 1.165) is 12.1 Å². The first kappa shape index (κ1) is 10.7. The van der Waals surface area contributed by atoms with Gasteiger partial charge in [0.1, 0.15) is 0 Å². The van der Waals surface area contributed by atoms with Gasteiger partial charge in [-0.25, -0.2) is 0 Å². The SMILES string of the molecule is CCC(CC#N)NC(C)c1ccn[nH]1. The molecule has 4 nitrogen and oxygen atoms in total. The molecule has 1 rings (SSSR count). The molecule has 0 aromatic carbocycles. The molecule has 0 aliphatic heterocycles. The number of nitriles is 1. The van der Waals surface area contributed by atoms with E-state index in [1.165, 1.54) is 0 Å². The summed E-state index contributed by atoms with van der Waals surface area (Å²) in [5, 5.41) is 18.8. The van der Waals surface area contributed by atoms with E-state index in [4.69, 9.17) is 5.26 Å². The summed E-state index contributed by atoms with van der Waals surface area (Å²) in [4.78, 5) is 0. The molecule has 0 saturated heterocycles. The van der Waals surface area contributed by atoms with Crippen molar-refractivity contribution >= 4 is 0 Å². The number of aromatic amines is 1. The molecule has 76 valence electrons. The summed E-state index contributed by atoms with van der Waals surface area (Å²) in [6.07, 6.45) is 3.25. The highest BCUT2D eigenvalue weighted by Gasteiger charge is 2.11. The van der Waals surface area contributed by atoms with Gasteiger partial charge in [0.05, 0.1) is 18.2 Å². The standard InChI is InChI=1S/C10H16N4/c1-3-9(4-6-11)13-8(2)10-5-7-12-14-10/h5,7-9,13H,3-4H2,1-2H3,(H,12,14). The molecule has 0 bridgehead atoms. The first-order chi connectivity index (χ1) is 6.77. The fourth-order valence-corrected chi connectivity index (χ4v) is 1.38. The van der Waals surface area contributed by atoms with Crippen molar-refractivity contribution in [2.24, 2.45) is 0 Å². The molecule has 2 atom stereocenters. The van der Waals surface area contributed by atoms with Crippen LogP contribution < -0.4 is 5.32 Å². The third-order valence-electron chi connectivity index (χ3n) is 2.30. The summed E-state index contributed by atoms with van der Waals surface area (Å²) in [7, 11) is 0. The molecule has 4 heteroatoms. The Morgan fingerprint density at radius 3 is 3.00 bits per heavy atom. The maximum absolute atomic E-state index is 8.60. The van der Waals surface area contributed by atoms with Crippen LogP contribution in [-0.2, 0) is 0 Å². The zero-order valence-corrected chi connectivity index (χ0v) is 8.62. The van der Waals surface area contributed by atoms with Gasteiger partial charge in [0.25, 0.3) is 0 Å². The molecule has 0 spiro atoms. The smallest absolute Gasteiger partial charge is 0.0638 e. The number of nitrogens with one attached hydrogen (secondary N) is 2. The van der Waals surface area contributed by atoms with Crippen LogP contribution in [0.4, 0.5) is 0 Å². The largest absolute Gasteiger partial charge is 0.305 e. The van der Waals surface area contributed by atoms with Crippen LogP contribution in [0.1, 0.15) is 38.4 Å². The van der Waals surface area contributed by atoms with Gasteiger partial charge in [0.2, 0.25) is 0 Å². The third kappa shape index (κ3) is 2.86. The Bertz CT molecular complexity index is 286. The van der Waals surface area contributed by atoms with E-state index in [2.05, 4.69) is 35.4 Å². The van der Waals surface area contributed by atoms with E-state index in [1.807, 2.05) is 6.07 Å². The van der Waals surface area contributed by atoms with Crippen LogP contribution in [0.25, 0.3) is 0 Å². The third-order valence-corrected chi connectivity index (χ3v) is 2.30. The quantitative estimate of drug-likeness (QED) is 0.747. The van der Waals surface area contributed by atoms with Crippen molar-refractivity contribution in [3.8, 4) is 6.07 Å². The molecule has 0 amide bonds. The second kappa shape index (κ2) is 5.40. The average Bonchev–Trinajstić information content (AvgIpc) is 2.69. The van der Waals surface area contributed by atoms with Crippen molar-refractivity contribution < 1.29 is 0 Å². The summed E-state index contributed by atoms with van der Waals surface area (Å²) in [5.74, 6) is 0. The molecule has 1 aromatic rings. The lowest BCUT2D eigenvalue weighted by Gasteiger charge is -2.18. The number of rotatable bonds is 5. The fourth-order valence-electron chi connectivity index (χ4n) is 1.38. The van der Waals surface area contributed by atoms with E-state index in [9.17, 15) is 0 Å². The number of H-pyrrole nitrogens is 1. The van der Waals surface area contributed by atoms with Crippen LogP contribution in [0.3, 0.4) is 0 Å². The molecule has 1 aromatic heterocycles. The molecular formula is C10H16N4. The molecule has 0 radical (unpaired) electrons. The van der Waals surface area contributed by atoms with Crippen LogP contribution in [0, 0.1) is 11.3 Å². The Labute approximate surface area is 84.3 Å². The van der Waals surface area contributed by atoms with Gasteiger partial charge >= 0.3 is 0 Å². The van der Waals surface area contributed by atoms with E-state index in [1.54, 1.807) is 6.20 Å². The van der Waals surface area contributed by atoms with E-state index in [-0.39, 0.29) is 12.1 Å². The van der Waals surface area contributed by atoms with Crippen molar-refractivity contribution in [3.05, 3.63) is 18.0 Å². The average molecular weight is 192 g/mol. The predicted molar refractivity (Wildman–Crippen MR) is 54.4 cm³/mol. The van der Waals surface area contributed by atoms with Gasteiger partial charge in [-0.15, -0.1) is 0 Å². The Kier molecular flexibility index (Phi) is 4.14. The zero-order chi connectivity index (χ0) is 10.4. The molecule has 2 N–H and O–H groups in total. The lowest BCUT2D eigenvalue weighted by atomic mass is 10.1. The second-order valence-corrected chi connectivity index (χ2v) is 3.37. The predicted octanol–water partition coefficient (Wildman–Crippen LogP) is 1.75. The van der Waals surface area contributed by atoms with Crippen molar-refractivity contribution in [3.63, 3.8) is 0 Å². The van der Waals surface area contributed by atoms with Gasteiger partial charge in [-0.3, -0.25) is 5.10 Å². The van der Waals surface area contributed by atoms with Crippen LogP contribution >= 0.6 is 0 Å². The maximum Gasteiger partial charge on any atom is 0.0638 e. The molecule has 1 heterocycles. The van der Waals surface area contributed by atoms with Crippen LogP contribution in [0.15, 0.2) is 12.3 Å². The molecule has 0 aliphatic carbocycles. The monoisotopic (exact) mass is 192 g/mol. The number of nitrogens with zero attached hydrogens (tertiary/aromatic N) is 2. The summed E-state index contributed by atoms with van der Waals surface area (Å²) >= 11 is 0. The first-order valence-corrected chi connectivity index (χ1v) is 4.90. The highest BCUT2D eigenvalue weighted by molar-refractivity contribution is 5.03. The molecule has 2 unspecified atom stereocenters. The number of aromatic nitrogens is 2. The van der Waals surface area contributed by atoms with Gasteiger partial charge < -0.3 is 5.32 Å². The van der Waals surface area contributed by atoms with Crippen molar-refractivity contribution in [1.29, 1.82) is 5.26 Å². The van der Waals surface area contributed by atoms with E-state index in [0.29, 0.717) is 6.42 Å². The topological polar surface area (TPSA) is 64.5 Å². The van der Waals surface area contributed by atoms with Crippen molar-refractivity contribution in [2.45, 2.75) is 38.8 Å². The van der Waals surface area contributed by atoms with Crippen molar-refractivity contribution in [2.75, 3.05) is 0 Å². The lowest BCUT2D eigenvalue weighted by molar-refractivity contribution is 0.441. The van der Waals surface area contributed by atoms with Crippen LogP contribution in [0.2, 0.25) is 0 Å². The van der Waals surface area contributed by atoms with Gasteiger partial charge in [-0.05, 0) is 19.4 Å². The van der Waals surface area contributed by atoms with Gasteiger partial charge in [-0.2, -0.15) is 10.4 Å². The highest BCUT2D eigenvalue weighted by Crippen LogP contribution is 2.10. The van der Waals surface area contributed by atoms with Crippen molar-refractivity contribution in [1.82, 2.24) is 15.5 Å². The molecular weight excluding hydrogens is 176 g/mol. The second-order valence-electron chi connectivity index (χ2n) is 3.37. The Hall–Kier alpha value is -1.34. The molecule has 0 aliphatic rings. The van der Waals surface area contributed by atoms with Crippen LogP contribution in [-0.4, -0.2) is 16.2 Å². The Balaban J connectivity index is 2.47. The zero-order valence-electron chi connectivity index (χ0n) is 8.62. The summed E-state index contributed by atoms with van der Waals surface area (Å²) < 4.78 is 0. The number of hydrogen-bond acceptors (Lipinski definition) is 3. The minimum absolute atomic E-state index is 0.218. The van der Waals surface area contributed by atoms with E-state index >= 15 is 0 Å².